The van der Waals surface area contributed by atoms with E-state index in [0.29, 0.717) is 18.0 Å². The molecule has 0 radical (unpaired) electrons. The number of anilines is 1. The van der Waals surface area contributed by atoms with Gasteiger partial charge in [0.05, 0.1) is 6.33 Å². The average Bonchev–Trinajstić information content (AvgIpc) is 3.42. The summed E-state index contributed by atoms with van der Waals surface area (Å²) in [6, 6.07) is 0.743. The number of rotatable bonds is 7. The second-order valence-electron chi connectivity index (χ2n) is 8.77. The highest BCUT2D eigenvalue weighted by Gasteiger charge is 2.27. The van der Waals surface area contributed by atoms with Crippen molar-refractivity contribution >= 4 is 22.9 Å². The molecular formula is C22H34N6O. The van der Waals surface area contributed by atoms with Gasteiger partial charge < -0.3 is 14.8 Å². The Morgan fingerprint density at radius 2 is 1.90 bits per heavy atom. The first kappa shape index (κ1) is 20.1. The van der Waals surface area contributed by atoms with E-state index in [2.05, 4.69) is 27.2 Å². The third kappa shape index (κ3) is 4.54. The summed E-state index contributed by atoms with van der Waals surface area (Å²) in [4.78, 5) is 28.0. The number of nitrogens with one attached hydrogen (secondary N) is 1. The van der Waals surface area contributed by atoms with Gasteiger partial charge >= 0.3 is 0 Å². The molecule has 0 aromatic carbocycles. The standard InChI is InChI=1S/C22H34N6O/c1-3-28-15-25-20-21(23-14-24-22(20)28)26-17-9-11-18(12-10-17)27(2)19(29)13-8-16-6-4-5-7-16/h14-18H,3-13H2,1-2H3,(H,23,24,26). The minimum atomic E-state index is 0.330. The van der Waals surface area contributed by atoms with Gasteiger partial charge in [0.25, 0.3) is 0 Å². The molecule has 0 unspecified atom stereocenters. The number of hydrogen-bond donors (Lipinski definition) is 1. The SMILES string of the molecule is CCn1cnc2c(NC3CCC(N(C)C(=O)CCC4CCCC4)CC3)ncnc21. The van der Waals surface area contributed by atoms with E-state index < -0.39 is 0 Å². The zero-order valence-corrected chi connectivity index (χ0v) is 17.8. The number of imidazole rings is 1. The lowest BCUT2D eigenvalue weighted by Crippen LogP contribution is -2.41. The predicted octanol–water partition coefficient (Wildman–Crippen LogP) is 4.00. The van der Waals surface area contributed by atoms with Crippen LogP contribution in [0.4, 0.5) is 5.82 Å². The maximum atomic E-state index is 12.6. The normalized spacial score (nSPS) is 22.8. The quantitative estimate of drug-likeness (QED) is 0.763. The Bertz CT molecular complexity index is 820. The van der Waals surface area contributed by atoms with E-state index in [1.54, 1.807) is 6.33 Å². The summed E-state index contributed by atoms with van der Waals surface area (Å²) in [5.41, 5.74) is 1.72. The monoisotopic (exact) mass is 398 g/mol. The first-order chi connectivity index (χ1) is 14.2. The number of hydrogen-bond acceptors (Lipinski definition) is 5. The first-order valence-electron chi connectivity index (χ1n) is 11.3. The maximum Gasteiger partial charge on any atom is 0.222 e. The number of carbonyl (C=O) groups is 1. The Hall–Kier alpha value is -2.18. The molecule has 0 bridgehead atoms. The molecule has 0 spiro atoms. The summed E-state index contributed by atoms with van der Waals surface area (Å²) < 4.78 is 2.03. The Morgan fingerprint density at radius 3 is 2.62 bits per heavy atom. The van der Waals surface area contributed by atoms with Crippen molar-refractivity contribution in [1.29, 1.82) is 0 Å². The van der Waals surface area contributed by atoms with Crippen LogP contribution in [0.2, 0.25) is 0 Å². The minimum absolute atomic E-state index is 0.330. The molecule has 2 aliphatic carbocycles. The fourth-order valence-electron chi connectivity index (χ4n) is 5.03. The molecule has 0 saturated heterocycles. The summed E-state index contributed by atoms with van der Waals surface area (Å²) in [6.45, 7) is 2.93. The van der Waals surface area contributed by atoms with Gasteiger partial charge in [0.1, 0.15) is 11.8 Å². The number of aromatic nitrogens is 4. The molecule has 2 fully saturated rings. The van der Waals surface area contributed by atoms with Crippen LogP contribution in [-0.2, 0) is 11.3 Å². The highest BCUT2D eigenvalue weighted by molar-refractivity contribution is 5.82. The van der Waals surface area contributed by atoms with Crippen LogP contribution in [0.25, 0.3) is 11.2 Å². The highest BCUT2D eigenvalue weighted by atomic mass is 16.2. The minimum Gasteiger partial charge on any atom is -0.365 e. The molecule has 2 aliphatic rings. The van der Waals surface area contributed by atoms with Crippen LogP contribution in [-0.4, -0.2) is 49.5 Å². The average molecular weight is 399 g/mol. The molecule has 7 nitrogen and oxygen atoms in total. The van der Waals surface area contributed by atoms with Crippen molar-refractivity contribution in [2.24, 2.45) is 5.92 Å². The summed E-state index contributed by atoms with van der Waals surface area (Å²) in [6.07, 6.45) is 14.8. The second-order valence-corrected chi connectivity index (χ2v) is 8.77. The lowest BCUT2D eigenvalue weighted by atomic mass is 9.90. The van der Waals surface area contributed by atoms with Gasteiger partial charge in [0.2, 0.25) is 5.91 Å². The molecule has 158 valence electrons. The van der Waals surface area contributed by atoms with Crippen molar-refractivity contribution in [2.75, 3.05) is 12.4 Å². The van der Waals surface area contributed by atoms with E-state index in [1.165, 1.54) is 25.7 Å². The van der Waals surface area contributed by atoms with E-state index in [4.69, 9.17) is 0 Å². The Morgan fingerprint density at radius 1 is 1.14 bits per heavy atom. The number of fused-ring (bicyclic) bond motifs is 1. The van der Waals surface area contributed by atoms with Crippen LogP contribution in [0.3, 0.4) is 0 Å². The first-order valence-corrected chi connectivity index (χ1v) is 11.3. The smallest absolute Gasteiger partial charge is 0.222 e. The maximum absolute atomic E-state index is 12.6. The van der Waals surface area contributed by atoms with Crippen LogP contribution in [0.15, 0.2) is 12.7 Å². The molecule has 7 heteroatoms. The van der Waals surface area contributed by atoms with Crippen LogP contribution >= 0.6 is 0 Å². The molecule has 2 aromatic heterocycles. The summed E-state index contributed by atoms with van der Waals surface area (Å²) in [5, 5.41) is 3.58. The Kier molecular flexibility index (Phi) is 6.31. The molecule has 4 rings (SSSR count). The van der Waals surface area contributed by atoms with E-state index in [-0.39, 0.29) is 0 Å². The molecule has 1 N–H and O–H groups in total. The van der Waals surface area contributed by atoms with Crippen molar-refractivity contribution in [1.82, 2.24) is 24.4 Å². The van der Waals surface area contributed by atoms with Crippen LogP contribution in [0.5, 0.6) is 0 Å². The van der Waals surface area contributed by atoms with Crippen LogP contribution in [0, 0.1) is 5.92 Å². The van der Waals surface area contributed by atoms with Crippen molar-refractivity contribution in [3.05, 3.63) is 12.7 Å². The van der Waals surface area contributed by atoms with Gasteiger partial charge in [-0.3, -0.25) is 4.79 Å². The lowest BCUT2D eigenvalue weighted by Gasteiger charge is -2.35. The highest BCUT2D eigenvalue weighted by Crippen LogP contribution is 2.30. The Labute approximate surface area is 173 Å². The third-order valence-corrected chi connectivity index (χ3v) is 6.96. The fraction of sp³-hybridized carbons (Fsp3) is 0.727. The Balaban J connectivity index is 1.28. The molecule has 2 saturated carbocycles. The predicted molar refractivity (Wildman–Crippen MR) is 115 cm³/mol. The third-order valence-electron chi connectivity index (χ3n) is 6.96. The van der Waals surface area contributed by atoms with Crippen LogP contribution in [0.1, 0.15) is 71.1 Å². The summed E-state index contributed by atoms with van der Waals surface area (Å²) in [5.74, 6) is 1.94. The van der Waals surface area contributed by atoms with Crippen molar-refractivity contribution in [2.45, 2.75) is 89.8 Å². The fourth-order valence-corrected chi connectivity index (χ4v) is 5.03. The molecule has 2 heterocycles. The molecule has 2 aromatic rings. The van der Waals surface area contributed by atoms with Gasteiger partial charge in [-0.2, -0.15) is 0 Å². The number of amides is 1. The molecule has 0 atom stereocenters. The number of aryl methyl sites for hydroxylation is 1. The zero-order valence-electron chi connectivity index (χ0n) is 17.8. The van der Waals surface area contributed by atoms with E-state index in [1.807, 2.05) is 22.8 Å². The van der Waals surface area contributed by atoms with Gasteiger partial charge in [-0.05, 0) is 44.9 Å². The molecule has 29 heavy (non-hydrogen) atoms. The van der Waals surface area contributed by atoms with E-state index >= 15 is 0 Å². The van der Waals surface area contributed by atoms with E-state index in [9.17, 15) is 4.79 Å². The largest absolute Gasteiger partial charge is 0.365 e. The van der Waals surface area contributed by atoms with Crippen molar-refractivity contribution in [3.8, 4) is 0 Å². The summed E-state index contributed by atoms with van der Waals surface area (Å²) in [7, 11) is 2.00. The van der Waals surface area contributed by atoms with Crippen molar-refractivity contribution < 1.29 is 4.79 Å². The zero-order chi connectivity index (χ0) is 20.2. The van der Waals surface area contributed by atoms with Gasteiger partial charge in [-0.15, -0.1) is 0 Å². The van der Waals surface area contributed by atoms with Crippen LogP contribution < -0.4 is 5.32 Å². The molecule has 1 amide bonds. The van der Waals surface area contributed by atoms with Gasteiger partial charge in [-0.1, -0.05) is 25.7 Å². The molecular weight excluding hydrogens is 364 g/mol. The molecule has 0 aliphatic heterocycles. The topological polar surface area (TPSA) is 75.9 Å². The number of nitrogens with zero attached hydrogens (tertiary/aromatic N) is 5. The van der Waals surface area contributed by atoms with Gasteiger partial charge in [-0.25, -0.2) is 15.0 Å². The summed E-state index contributed by atoms with van der Waals surface area (Å²) >= 11 is 0. The van der Waals surface area contributed by atoms with Gasteiger partial charge in [0, 0.05) is 32.1 Å². The van der Waals surface area contributed by atoms with E-state index in [0.717, 1.165) is 68.0 Å². The second kappa shape index (κ2) is 9.09. The number of carbonyl (C=O) groups excluding carboxylic acids is 1. The lowest BCUT2D eigenvalue weighted by molar-refractivity contribution is -0.132. The van der Waals surface area contributed by atoms with Crippen molar-refractivity contribution in [3.63, 3.8) is 0 Å². The van der Waals surface area contributed by atoms with Gasteiger partial charge in [0.15, 0.2) is 11.5 Å².